The van der Waals surface area contributed by atoms with E-state index in [1.165, 1.54) is 6.07 Å². The average molecular weight is 339 g/mol. The van der Waals surface area contributed by atoms with Gasteiger partial charge < -0.3 is 4.18 Å². The van der Waals surface area contributed by atoms with E-state index in [0.717, 1.165) is 4.47 Å². The van der Waals surface area contributed by atoms with Crippen LogP contribution in [-0.4, -0.2) is 9.72 Å². The summed E-state index contributed by atoms with van der Waals surface area (Å²) in [5, 5.41) is 1.15. The molecule has 0 N–H and O–H groups in total. The predicted octanol–water partition coefficient (Wildman–Crippen LogP) is 4.16. The number of hydrogen-bond donors (Lipinski definition) is 0. The maximum absolute atomic E-state index is 12.2. The molecule has 0 heterocycles. The summed E-state index contributed by atoms with van der Waals surface area (Å²) in [5.41, 5.74) is -4.89. The molecule has 2 aromatic rings. The quantitative estimate of drug-likeness (QED) is 0.821. The molecule has 0 saturated heterocycles. The van der Waals surface area contributed by atoms with E-state index in [4.69, 9.17) is 0 Å². The molecule has 1 unspecified atom stereocenters. The number of alkyl halides is 3. The van der Waals surface area contributed by atoms with Crippen LogP contribution in [0.25, 0.3) is 10.8 Å². The van der Waals surface area contributed by atoms with Gasteiger partial charge in [0.05, 0.1) is 0 Å². The molecule has 0 radical (unpaired) electrons. The van der Waals surface area contributed by atoms with E-state index < -0.39 is 16.6 Å². The zero-order valence-electron chi connectivity index (χ0n) is 8.70. The lowest BCUT2D eigenvalue weighted by molar-refractivity contribution is -0.0437. The second-order valence-electron chi connectivity index (χ2n) is 3.35. The van der Waals surface area contributed by atoms with Gasteiger partial charge in [-0.25, -0.2) is 4.21 Å². The molecular weight excluding hydrogens is 333 g/mol. The number of halogens is 4. The second-order valence-corrected chi connectivity index (χ2v) is 5.31. The summed E-state index contributed by atoms with van der Waals surface area (Å²) in [7, 11) is 0. The Morgan fingerprint density at radius 3 is 2.28 bits per heavy atom. The molecule has 96 valence electrons. The fourth-order valence-electron chi connectivity index (χ4n) is 1.44. The van der Waals surface area contributed by atoms with Crippen molar-refractivity contribution in [2.24, 2.45) is 0 Å². The minimum absolute atomic E-state index is 0.0653. The van der Waals surface area contributed by atoms with Crippen molar-refractivity contribution in [1.29, 1.82) is 0 Å². The SMILES string of the molecule is O=S(Oc1ccc(Br)c2ccccc12)C(F)(F)F. The largest absolute Gasteiger partial charge is 0.508 e. The topological polar surface area (TPSA) is 26.3 Å². The zero-order chi connectivity index (χ0) is 13.3. The van der Waals surface area contributed by atoms with Gasteiger partial charge in [0, 0.05) is 9.86 Å². The van der Waals surface area contributed by atoms with Crippen molar-refractivity contribution in [3.05, 3.63) is 40.9 Å². The Bertz CT molecular complexity index is 613. The summed E-state index contributed by atoms with van der Waals surface area (Å²) in [6.45, 7) is 0. The molecule has 18 heavy (non-hydrogen) atoms. The lowest BCUT2D eigenvalue weighted by Crippen LogP contribution is -2.21. The van der Waals surface area contributed by atoms with E-state index in [1.54, 1.807) is 30.3 Å². The van der Waals surface area contributed by atoms with Crippen LogP contribution in [0.1, 0.15) is 0 Å². The third-order valence-corrected chi connectivity index (χ3v) is 3.59. The molecule has 0 spiro atoms. The van der Waals surface area contributed by atoms with E-state index in [0.29, 0.717) is 10.8 Å². The van der Waals surface area contributed by atoms with Gasteiger partial charge in [0.1, 0.15) is 5.75 Å². The summed E-state index contributed by atoms with van der Waals surface area (Å²) >= 11 is -0.0832. The van der Waals surface area contributed by atoms with Crippen molar-refractivity contribution in [2.75, 3.05) is 0 Å². The van der Waals surface area contributed by atoms with Gasteiger partial charge in [0.15, 0.2) is 0 Å². The molecule has 1 atom stereocenters. The number of fused-ring (bicyclic) bond motifs is 1. The fourth-order valence-corrected chi connectivity index (χ4v) is 2.32. The predicted molar refractivity (Wildman–Crippen MR) is 66.5 cm³/mol. The van der Waals surface area contributed by atoms with Crippen LogP contribution in [0, 0.1) is 0 Å². The van der Waals surface area contributed by atoms with Crippen molar-refractivity contribution in [2.45, 2.75) is 5.51 Å². The minimum Gasteiger partial charge on any atom is -0.394 e. The molecular formula is C11H6BrF3O2S. The highest BCUT2D eigenvalue weighted by Crippen LogP contribution is 2.33. The molecule has 7 heteroatoms. The Hall–Kier alpha value is -1.08. The minimum atomic E-state index is -4.89. The van der Waals surface area contributed by atoms with Crippen molar-refractivity contribution in [3.8, 4) is 5.75 Å². The Morgan fingerprint density at radius 1 is 1.06 bits per heavy atom. The van der Waals surface area contributed by atoms with Crippen LogP contribution in [0.15, 0.2) is 40.9 Å². The molecule has 0 aliphatic carbocycles. The van der Waals surface area contributed by atoms with Gasteiger partial charge in [0.25, 0.3) is 0 Å². The first kappa shape index (κ1) is 13.4. The van der Waals surface area contributed by atoms with Crippen molar-refractivity contribution >= 4 is 37.8 Å². The Morgan fingerprint density at radius 2 is 1.67 bits per heavy atom. The molecule has 0 aromatic heterocycles. The van der Waals surface area contributed by atoms with Gasteiger partial charge in [-0.05, 0) is 17.5 Å². The maximum atomic E-state index is 12.2. The number of hydrogen-bond acceptors (Lipinski definition) is 2. The standard InChI is InChI=1S/C11H6BrF3O2S/c12-9-5-6-10(17-18(16)11(13,14)15)8-4-2-1-3-7(8)9/h1-6H. The first-order valence-electron chi connectivity index (χ1n) is 4.74. The summed E-state index contributed by atoms with van der Waals surface area (Å²) in [6, 6.07) is 9.63. The maximum Gasteiger partial charge on any atom is 0.508 e. The van der Waals surface area contributed by atoms with E-state index in [1.807, 2.05) is 0 Å². The third kappa shape index (κ3) is 2.67. The van der Waals surface area contributed by atoms with Crippen LogP contribution in [0.3, 0.4) is 0 Å². The van der Waals surface area contributed by atoms with Gasteiger partial charge in [0.2, 0.25) is 0 Å². The molecule has 2 nitrogen and oxygen atoms in total. The highest BCUT2D eigenvalue weighted by molar-refractivity contribution is 9.10. The van der Waals surface area contributed by atoms with Gasteiger partial charge in [-0.15, -0.1) is 0 Å². The van der Waals surface area contributed by atoms with Crippen molar-refractivity contribution in [1.82, 2.24) is 0 Å². The zero-order valence-corrected chi connectivity index (χ0v) is 11.1. The highest BCUT2D eigenvalue weighted by atomic mass is 79.9. The molecule has 0 bridgehead atoms. The van der Waals surface area contributed by atoms with Crippen LogP contribution >= 0.6 is 15.9 Å². The van der Waals surface area contributed by atoms with E-state index in [9.17, 15) is 17.4 Å². The number of rotatable bonds is 2. The van der Waals surface area contributed by atoms with E-state index in [-0.39, 0.29) is 5.75 Å². The first-order chi connectivity index (χ1) is 8.39. The highest BCUT2D eigenvalue weighted by Gasteiger charge is 2.40. The number of benzene rings is 2. The van der Waals surface area contributed by atoms with Gasteiger partial charge in [-0.1, -0.05) is 40.2 Å². The molecule has 0 fully saturated rings. The van der Waals surface area contributed by atoms with Gasteiger partial charge >= 0.3 is 16.6 Å². The van der Waals surface area contributed by atoms with Gasteiger partial charge in [-0.3, -0.25) is 0 Å². The summed E-state index contributed by atoms with van der Waals surface area (Å²) in [5.74, 6) is -0.0653. The third-order valence-electron chi connectivity index (χ3n) is 2.19. The Kier molecular flexibility index (Phi) is 3.63. The molecule has 0 saturated carbocycles. The smallest absolute Gasteiger partial charge is 0.394 e. The van der Waals surface area contributed by atoms with Crippen LogP contribution in [0.5, 0.6) is 5.75 Å². The summed E-state index contributed by atoms with van der Waals surface area (Å²) < 4.78 is 52.7. The van der Waals surface area contributed by atoms with Crippen LogP contribution in [0.4, 0.5) is 13.2 Å². The second kappa shape index (κ2) is 4.89. The van der Waals surface area contributed by atoms with Crippen LogP contribution < -0.4 is 4.18 Å². The van der Waals surface area contributed by atoms with E-state index >= 15 is 0 Å². The van der Waals surface area contributed by atoms with Gasteiger partial charge in [-0.2, -0.15) is 13.2 Å². The molecule has 0 amide bonds. The van der Waals surface area contributed by atoms with E-state index in [2.05, 4.69) is 20.1 Å². The van der Waals surface area contributed by atoms with Crippen LogP contribution in [-0.2, 0) is 11.1 Å². The molecule has 2 aromatic carbocycles. The van der Waals surface area contributed by atoms with Crippen molar-refractivity contribution in [3.63, 3.8) is 0 Å². The summed E-state index contributed by atoms with van der Waals surface area (Å²) in [4.78, 5) is 0. The van der Waals surface area contributed by atoms with Crippen molar-refractivity contribution < 1.29 is 21.6 Å². The molecule has 2 rings (SSSR count). The fraction of sp³-hybridized carbons (Fsp3) is 0.0909. The average Bonchev–Trinajstić information content (AvgIpc) is 2.32. The Balaban J connectivity index is 2.47. The Labute approximate surface area is 112 Å². The monoisotopic (exact) mass is 338 g/mol. The first-order valence-corrected chi connectivity index (χ1v) is 6.60. The molecule has 0 aliphatic rings. The lowest BCUT2D eigenvalue weighted by Gasteiger charge is -2.10. The van der Waals surface area contributed by atoms with Crippen LogP contribution in [0.2, 0.25) is 0 Å². The summed E-state index contributed by atoms with van der Waals surface area (Å²) in [6.07, 6.45) is 0. The normalized spacial score (nSPS) is 13.6. The lowest BCUT2D eigenvalue weighted by atomic mass is 10.1. The molecule has 0 aliphatic heterocycles.